The maximum Gasteiger partial charge on any atom is 0.222 e. The van der Waals surface area contributed by atoms with E-state index in [0.717, 1.165) is 43.5 Å². The van der Waals surface area contributed by atoms with Gasteiger partial charge in [0.1, 0.15) is 12.7 Å². The number of amides is 1. The van der Waals surface area contributed by atoms with Crippen molar-refractivity contribution in [2.24, 2.45) is 5.73 Å². The third-order valence-electron chi connectivity index (χ3n) is 4.38. The number of carbonyl (C=O) groups is 1. The quantitative estimate of drug-likeness (QED) is 0.718. The smallest absolute Gasteiger partial charge is 0.222 e. The number of nitrogens with zero attached hydrogens (tertiary/aromatic N) is 4. The molecule has 1 unspecified atom stereocenters. The highest BCUT2D eigenvalue weighted by atomic mass is 16.2. The molecule has 2 rings (SSSR count). The largest absolute Gasteiger partial charge is 0.339 e. The Bertz CT molecular complexity index is 609. The second-order valence-electron chi connectivity index (χ2n) is 6.07. The maximum absolute atomic E-state index is 12.3. The minimum atomic E-state index is 0.0475. The average molecular weight is 329 g/mol. The summed E-state index contributed by atoms with van der Waals surface area (Å²) in [6.45, 7) is 2.78. The summed E-state index contributed by atoms with van der Waals surface area (Å²) in [6.07, 6.45) is 7.92. The van der Waals surface area contributed by atoms with Gasteiger partial charge < -0.3 is 10.6 Å². The summed E-state index contributed by atoms with van der Waals surface area (Å²) >= 11 is 0. The Hall–Kier alpha value is -2.21. The molecule has 130 valence electrons. The van der Waals surface area contributed by atoms with E-state index in [4.69, 9.17) is 5.73 Å². The van der Waals surface area contributed by atoms with Crippen LogP contribution in [0.15, 0.2) is 36.9 Å². The van der Waals surface area contributed by atoms with Gasteiger partial charge in [0.15, 0.2) is 0 Å². The molecule has 24 heavy (non-hydrogen) atoms. The van der Waals surface area contributed by atoms with Gasteiger partial charge in [0.25, 0.3) is 0 Å². The highest BCUT2D eigenvalue weighted by Gasteiger charge is 2.17. The Balaban J connectivity index is 1.87. The summed E-state index contributed by atoms with van der Waals surface area (Å²) in [6, 6.07) is 8.10. The van der Waals surface area contributed by atoms with Crippen LogP contribution in [0.4, 0.5) is 0 Å². The van der Waals surface area contributed by atoms with Gasteiger partial charge in [0, 0.05) is 13.5 Å². The average Bonchev–Trinajstić information content (AvgIpc) is 3.15. The van der Waals surface area contributed by atoms with Crippen LogP contribution in [0.3, 0.4) is 0 Å². The monoisotopic (exact) mass is 329 g/mol. The molecule has 1 atom stereocenters. The zero-order valence-electron chi connectivity index (χ0n) is 14.6. The van der Waals surface area contributed by atoms with Crippen molar-refractivity contribution in [2.75, 3.05) is 13.6 Å². The number of nitrogens with two attached hydrogens (primary N) is 1. The Labute approximate surface area is 143 Å². The molecule has 1 aromatic carbocycles. The minimum absolute atomic E-state index is 0.0475. The molecule has 6 heteroatoms. The van der Waals surface area contributed by atoms with E-state index >= 15 is 0 Å². The van der Waals surface area contributed by atoms with Gasteiger partial charge in [0.05, 0.1) is 11.7 Å². The number of benzene rings is 1. The number of rotatable bonds is 9. The van der Waals surface area contributed by atoms with Crippen LogP contribution in [0, 0.1) is 0 Å². The molecule has 0 aliphatic rings. The van der Waals surface area contributed by atoms with Crippen molar-refractivity contribution in [3.05, 3.63) is 42.5 Å². The van der Waals surface area contributed by atoms with Crippen LogP contribution in [0.5, 0.6) is 0 Å². The number of carbonyl (C=O) groups excluding carboxylic acids is 1. The molecule has 0 aliphatic heterocycles. The first-order valence-electron chi connectivity index (χ1n) is 8.54. The highest BCUT2D eigenvalue weighted by molar-refractivity contribution is 5.76. The maximum atomic E-state index is 12.3. The molecule has 1 amide bonds. The van der Waals surface area contributed by atoms with Crippen molar-refractivity contribution in [3.8, 4) is 5.69 Å². The van der Waals surface area contributed by atoms with Gasteiger partial charge in [-0.05, 0) is 44.0 Å². The second-order valence-corrected chi connectivity index (χ2v) is 6.07. The molecule has 1 aromatic heterocycles. The van der Waals surface area contributed by atoms with Crippen LogP contribution in [-0.4, -0.2) is 39.2 Å². The van der Waals surface area contributed by atoms with Gasteiger partial charge in [-0.1, -0.05) is 25.0 Å². The van der Waals surface area contributed by atoms with E-state index in [0.29, 0.717) is 6.42 Å². The zero-order chi connectivity index (χ0) is 17.4. The molecule has 0 fully saturated rings. The molecule has 2 N–H and O–H groups in total. The van der Waals surface area contributed by atoms with E-state index < -0.39 is 0 Å². The summed E-state index contributed by atoms with van der Waals surface area (Å²) in [5, 5.41) is 4.11. The third-order valence-corrected chi connectivity index (χ3v) is 4.38. The summed E-state index contributed by atoms with van der Waals surface area (Å²) in [5.74, 6) is 0.190. The zero-order valence-corrected chi connectivity index (χ0v) is 14.6. The van der Waals surface area contributed by atoms with Crippen LogP contribution < -0.4 is 5.73 Å². The lowest BCUT2D eigenvalue weighted by Crippen LogP contribution is -2.29. The second kappa shape index (κ2) is 9.17. The minimum Gasteiger partial charge on any atom is -0.339 e. The van der Waals surface area contributed by atoms with Crippen molar-refractivity contribution < 1.29 is 4.79 Å². The van der Waals surface area contributed by atoms with Gasteiger partial charge in [-0.2, -0.15) is 5.10 Å². The summed E-state index contributed by atoms with van der Waals surface area (Å²) in [4.78, 5) is 18.1. The SMILES string of the molecule is CC(c1ccc(-n2cncn2)cc1)N(C)C(=O)CCCCCCN. The van der Waals surface area contributed by atoms with E-state index in [9.17, 15) is 4.79 Å². The van der Waals surface area contributed by atoms with Gasteiger partial charge in [0.2, 0.25) is 5.91 Å². The van der Waals surface area contributed by atoms with Crippen LogP contribution in [-0.2, 0) is 4.79 Å². The first-order chi connectivity index (χ1) is 11.6. The normalized spacial score (nSPS) is 12.1. The van der Waals surface area contributed by atoms with Crippen molar-refractivity contribution in [2.45, 2.75) is 45.1 Å². The van der Waals surface area contributed by atoms with Gasteiger partial charge in [-0.25, -0.2) is 9.67 Å². The van der Waals surface area contributed by atoms with Crippen molar-refractivity contribution in [3.63, 3.8) is 0 Å². The van der Waals surface area contributed by atoms with Gasteiger partial charge >= 0.3 is 0 Å². The molecule has 0 saturated carbocycles. The Kier molecular flexibility index (Phi) is 6.93. The molecule has 6 nitrogen and oxygen atoms in total. The van der Waals surface area contributed by atoms with Crippen LogP contribution in [0.1, 0.15) is 50.6 Å². The number of hydrogen-bond donors (Lipinski definition) is 1. The van der Waals surface area contributed by atoms with E-state index in [1.54, 1.807) is 11.0 Å². The predicted molar refractivity (Wildman–Crippen MR) is 94.7 cm³/mol. The first kappa shape index (κ1) is 18.1. The van der Waals surface area contributed by atoms with Crippen LogP contribution >= 0.6 is 0 Å². The molecule has 0 saturated heterocycles. The predicted octanol–water partition coefficient (Wildman–Crippen LogP) is 2.70. The summed E-state index contributed by atoms with van der Waals surface area (Å²) in [7, 11) is 1.87. The summed E-state index contributed by atoms with van der Waals surface area (Å²) < 4.78 is 1.71. The molecule has 0 aliphatic carbocycles. The Morgan fingerprint density at radius 3 is 2.54 bits per heavy atom. The Morgan fingerprint density at radius 1 is 1.21 bits per heavy atom. The fraction of sp³-hybridized carbons (Fsp3) is 0.500. The van der Waals surface area contributed by atoms with Crippen LogP contribution in [0.2, 0.25) is 0 Å². The third kappa shape index (κ3) is 4.89. The topological polar surface area (TPSA) is 77.0 Å². The number of hydrogen-bond acceptors (Lipinski definition) is 4. The summed E-state index contributed by atoms with van der Waals surface area (Å²) in [5.41, 5.74) is 7.55. The van der Waals surface area contributed by atoms with E-state index in [1.165, 1.54) is 6.33 Å². The van der Waals surface area contributed by atoms with E-state index in [2.05, 4.69) is 17.0 Å². The van der Waals surface area contributed by atoms with Gasteiger partial charge in [-0.3, -0.25) is 4.79 Å². The van der Waals surface area contributed by atoms with E-state index in [1.807, 2.05) is 36.2 Å². The molecule has 0 bridgehead atoms. The Morgan fingerprint density at radius 2 is 1.92 bits per heavy atom. The number of unbranched alkanes of at least 4 members (excludes halogenated alkanes) is 3. The lowest BCUT2D eigenvalue weighted by Gasteiger charge is -2.25. The van der Waals surface area contributed by atoms with Crippen LogP contribution in [0.25, 0.3) is 5.69 Å². The fourth-order valence-electron chi connectivity index (χ4n) is 2.64. The number of aromatic nitrogens is 3. The highest BCUT2D eigenvalue weighted by Crippen LogP contribution is 2.21. The fourth-order valence-corrected chi connectivity index (χ4v) is 2.64. The molecule has 1 heterocycles. The first-order valence-corrected chi connectivity index (χ1v) is 8.54. The lowest BCUT2D eigenvalue weighted by atomic mass is 10.1. The van der Waals surface area contributed by atoms with E-state index in [-0.39, 0.29) is 11.9 Å². The van der Waals surface area contributed by atoms with Crippen molar-refractivity contribution in [1.82, 2.24) is 19.7 Å². The molecular formula is C18H27N5O. The lowest BCUT2D eigenvalue weighted by molar-refractivity contribution is -0.131. The van der Waals surface area contributed by atoms with Gasteiger partial charge in [-0.15, -0.1) is 0 Å². The standard InChI is InChI=1S/C18H27N5O/c1-15(22(2)18(24)7-5-3-4-6-12-19)16-8-10-17(11-9-16)23-14-20-13-21-23/h8-11,13-15H,3-7,12,19H2,1-2H3. The van der Waals surface area contributed by atoms with Crippen molar-refractivity contribution in [1.29, 1.82) is 0 Å². The molecule has 2 aromatic rings. The molecule has 0 radical (unpaired) electrons. The molecule has 0 spiro atoms. The molecular weight excluding hydrogens is 302 g/mol. The van der Waals surface area contributed by atoms with Crippen molar-refractivity contribution >= 4 is 5.91 Å².